The molecule has 1 aromatic heterocycles. The molecule has 3 aromatic carbocycles. The van der Waals surface area contributed by atoms with Gasteiger partial charge in [0.2, 0.25) is 5.91 Å². The Labute approximate surface area is 188 Å². The molecule has 0 saturated carbocycles. The van der Waals surface area contributed by atoms with Gasteiger partial charge in [-0.1, -0.05) is 85.5 Å². The fraction of sp³-hybridized carbons (Fsp3) is 0.286. The first-order chi connectivity index (χ1) is 15.6. The molecule has 0 aliphatic carbocycles. The van der Waals surface area contributed by atoms with Gasteiger partial charge in [0.1, 0.15) is 0 Å². The summed E-state index contributed by atoms with van der Waals surface area (Å²) in [6, 6.07) is 24.2. The summed E-state index contributed by atoms with van der Waals surface area (Å²) in [6.07, 6.45) is 6.62. The predicted octanol–water partition coefficient (Wildman–Crippen LogP) is 6.79. The largest absolute Gasteiger partial charge is 0.426 e. The maximum Gasteiger partial charge on any atom is 0.426 e. The SMILES string of the molecule is Cc1ccc(-c2ccc3oc(=O)n(C(=O)CCCCCCCc4ccccc4)c3c2)cc1. The Balaban J connectivity index is 1.33. The number of fused-ring (bicyclic) bond motifs is 1. The molecule has 0 saturated heterocycles. The van der Waals surface area contributed by atoms with E-state index in [0.717, 1.165) is 49.7 Å². The standard InChI is InChI=1S/C28H29NO3/c1-21-14-16-23(17-15-21)24-18-19-26-25(20-24)29(28(31)32-26)27(30)13-9-4-2-3-6-10-22-11-7-5-8-12-22/h5,7-8,11-12,14-20H,2-4,6,9-10,13H2,1H3. The Morgan fingerprint density at radius 3 is 2.28 bits per heavy atom. The average molecular weight is 428 g/mol. The van der Waals surface area contributed by atoms with E-state index < -0.39 is 5.76 Å². The minimum Gasteiger partial charge on any atom is -0.407 e. The highest BCUT2D eigenvalue weighted by Crippen LogP contribution is 2.25. The number of rotatable bonds is 9. The third-order valence-electron chi connectivity index (χ3n) is 5.91. The first-order valence-corrected chi connectivity index (χ1v) is 11.4. The van der Waals surface area contributed by atoms with Crippen LogP contribution in [0.3, 0.4) is 0 Å². The Bertz CT molecular complexity index is 1230. The van der Waals surface area contributed by atoms with Crippen LogP contribution >= 0.6 is 0 Å². The van der Waals surface area contributed by atoms with E-state index in [-0.39, 0.29) is 5.91 Å². The number of aromatic nitrogens is 1. The summed E-state index contributed by atoms with van der Waals surface area (Å²) in [4.78, 5) is 25.2. The average Bonchev–Trinajstić information content (AvgIpc) is 3.14. The molecule has 4 nitrogen and oxygen atoms in total. The van der Waals surface area contributed by atoms with Crippen LogP contribution < -0.4 is 5.76 Å². The van der Waals surface area contributed by atoms with Crippen molar-refractivity contribution in [2.75, 3.05) is 0 Å². The van der Waals surface area contributed by atoms with Crippen LogP contribution in [0.15, 0.2) is 82.0 Å². The molecule has 32 heavy (non-hydrogen) atoms. The normalized spacial score (nSPS) is 11.2. The smallest absolute Gasteiger partial charge is 0.407 e. The second-order valence-electron chi connectivity index (χ2n) is 8.40. The van der Waals surface area contributed by atoms with Crippen molar-refractivity contribution in [2.24, 2.45) is 0 Å². The molecular formula is C28H29NO3. The summed E-state index contributed by atoms with van der Waals surface area (Å²) >= 11 is 0. The quantitative estimate of drug-likeness (QED) is 0.276. The van der Waals surface area contributed by atoms with Crippen molar-refractivity contribution in [1.29, 1.82) is 0 Å². The minimum atomic E-state index is -0.603. The number of carbonyl (C=O) groups is 1. The van der Waals surface area contributed by atoms with E-state index in [0.29, 0.717) is 17.5 Å². The van der Waals surface area contributed by atoms with E-state index in [4.69, 9.17) is 4.42 Å². The van der Waals surface area contributed by atoms with E-state index in [1.165, 1.54) is 15.7 Å². The number of hydrogen-bond donors (Lipinski definition) is 0. The lowest BCUT2D eigenvalue weighted by Crippen LogP contribution is -2.22. The summed E-state index contributed by atoms with van der Waals surface area (Å²) in [6.45, 7) is 2.04. The molecule has 0 fully saturated rings. The van der Waals surface area contributed by atoms with Gasteiger partial charge in [-0.2, -0.15) is 0 Å². The fourth-order valence-corrected chi connectivity index (χ4v) is 4.07. The van der Waals surface area contributed by atoms with Crippen LogP contribution in [0.4, 0.5) is 0 Å². The second kappa shape index (κ2) is 10.3. The lowest BCUT2D eigenvalue weighted by atomic mass is 10.0. The van der Waals surface area contributed by atoms with Crippen LogP contribution in [0.25, 0.3) is 22.2 Å². The highest BCUT2D eigenvalue weighted by atomic mass is 16.4. The van der Waals surface area contributed by atoms with Crippen molar-refractivity contribution in [3.63, 3.8) is 0 Å². The number of nitrogens with zero attached hydrogens (tertiary/aromatic N) is 1. The van der Waals surface area contributed by atoms with Crippen molar-refractivity contribution < 1.29 is 9.21 Å². The minimum absolute atomic E-state index is 0.195. The third-order valence-corrected chi connectivity index (χ3v) is 5.91. The molecular weight excluding hydrogens is 398 g/mol. The molecule has 0 spiro atoms. The highest BCUT2D eigenvalue weighted by Gasteiger charge is 2.16. The lowest BCUT2D eigenvalue weighted by molar-refractivity contribution is 0.0895. The van der Waals surface area contributed by atoms with Crippen molar-refractivity contribution in [3.8, 4) is 11.1 Å². The predicted molar refractivity (Wildman–Crippen MR) is 129 cm³/mol. The molecule has 0 N–H and O–H groups in total. The van der Waals surface area contributed by atoms with E-state index in [9.17, 15) is 9.59 Å². The lowest BCUT2D eigenvalue weighted by Gasteiger charge is -2.05. The van der Waals surface area contributed by atoms with E-state index in [1.807, 2.05) is 49.4 Å². The summed E-state index contributed by atoms with van der Waals surface area (Å²) < 4.78 is 6.52. The van der Waals surface area contributed by atoms with Gasteiger partial charge in [-0.3, -0.25) is 4.79 Å². The molecule has 1 heterocycles. The molecule has 0 aliphatic heterocycles. The summed E-state index contributed by atoms with van der Waals surface area (Å²) in [5.41, 5.74) is 5.55. The number of aryl methyl sites for hydroxylation is 2. The van der Waals surface area contributed by atoms with Crippen LogP contribution in [0, 0.1) is 6.92 Å². The van der Waals surface area contributed by atoms with Gasteiger partial charge < -0.3 is 4.42 Å². The van der Waals surface area contributed by atoms with Crippen LogP contribution in [0.1, 0.15) is 54.4 Å². The van der Waals surface area contributed by atoms with Crippen LogP contribution in [0.2, 0.25) is 0 Å². The molecule has 0 unspecified atom stereocenters. The Hall–Kier alpha value is -3.40. The van der Waals surface area contributed by atoms with Gasteiger partial charge in [0.05, 0.1) is 5.52 Å². The number of unbranched alkanes of at least 4 members (excludes halogenated alkanes) is 4. The second-order valence-corrected chi connectivity index (χ2v) is 8.40. The number of carbonyl (C=O) groups excluding carboxylic acids is 1. The van der Waals surface area contributed by atoms with E-state index >= 15 is 0 Å². The molecule has 0 radical (unpaired) electrons. The van der Waals surface area contributed by atoms with Crippen LogP contribution in [-0.2, 0) is 6.42 Å². The molecule has 4 heteroatoms. The van der Waals surface area contributed by atoms with Gasteiger partial charge in [-0.05, 0) is 55.0 Å². The van der Waals surface area contributed by atoms with Gasteiger partial charge in [-0.15, -0.1) is 0 Å². The van der Waals surface area contributed by atoms with Crippen molar-refractivity contribution in [3.05, 3.63) is 94.5 Å². The fourth-order valence-electron chi connectivity index (χ4n) is 4.07. The van der Waals surface area contributed by atoms with E-state index in [1.54, 1.807) is 6.07 Å². The van der Waals surface area contributed by atoms with Crippen molar-refractivity contribution in [1.82, 2.24) is 4.57 Å². The van der Waals surface area contributed by atoms with Gasteiger partial charge in [0.15, 0.2) is 5.58 Å². The number of hydrogen-bond acceptors (Lipinski definition) is 3. The molecule has 0 aliphatic rings. The van der Waals surface area contributed by atoms with Crippen LogP contribution in [-0.4, -0.2) is 10.5 Å². The maximum atomic E-state index is 12.8. The molecule has 0 amide bonds. The summed E-state index contributed by atoms with van der Waals surface area (Å²) in [5, 5.41) is 0. The van der Waals surface area contributed by atoms with Crippen LogP contribution in [0.5, 0.6) is 0 Å². The number of benzene rings is 3. The van der Waals surface area contributed by atoms with Crippen molar-refractivity contribution in [2.45, 2.75) is 51.9 Å². The first-order valence-electron chi connectivity index (χ1n) is 11.4. The monoisotopic (exact) mass is 427 g/mol. The van der Waals surface area contributed by atoms with E-state index in [2.05, 4.69) is 24.3 Å². The Kier molecular flexibility index (Phi) is 7.00. The van der Waals surface area contributed by atoms with Gasteiger partial charge in [0, 0.05) is 6.42 Å². The summed E-state index contributed by atoms with van der Waals surface area (Å²) in [7, 11) is 0. The number of oxazole rings is 1. The molecule has 0 bridgehead atoms. The molecule has 4 rings (SSSR count). The molecule has 164 valence electrons. The molecule has 4 aromatic rings. The van der Waals surface area contributed by atoms with Gasteiger partial charge in [-0.25, -0.2) is 9.36 Å². The van der Waals surface area contributed by atoms with Gasteiger partial charge in [0.25, 0.3) is 0 Å². The van der Waals surface area contributed by atoms with Crippen molar-refractivity contribution >= 4 is 17.0 Å². The zero-order valence-corrected chi connectivity index (χ0v) is 18.5. The highest BCUT2D eigenvalue weighted by molar-refractivity contribution is 5.91. The van der Waals surface area contributed by atoms with Gasteiger partial charge >= 0.3 is 5.76 Å². The topological polar surface area (TPSA) is 52.2 Å². The third kappa shape index (κ3) is 5.25. The molecule has 0 atom stereocenters. The zero-order valence-electron chi connectivity index (χ0n) is 18.5. The maximum absolute atomic E-state index is 12.8. The Morgan fingerprint density at radius 2 is 1.50 bits per heavy atom. The summed E-state index contributed by atoms with van der Waals surface area (Å²) in [5.74, 6) is -0.798. The zero-order chi connectivity index (χ0) is 22.3. The Morgan fingerprint density at radius 1 is 0.812 bits per heavy atom. The first kappa shape index (κ1) is 21.8.